The number of likely N-dealkylation sites (tertiary alicyclic amines) is 1. The zero-order valence-electron chi connectivity index (χ0n) is 18.8. The Labute approximate surface area is 200 Å². The predicted molar refractivity (Wildman–Crippen MR) is 133 cm³/mol. The van der Waals surface area contributed by atoms with E-state index in [0.29, 0.717) is 18.6 Å². The number of halogens is 1. The van der Waals surface area contributed by atoms with Crippen molar-refractivity contribution in [1.82, 2.24) is 20.0 Å². The molecule has 2 saturated heterocycles. The summed E-state index contributed by atoms with van der Waals surface area (Å²) in [6.45, 7) is 7.65. The molecule has 2 heterocycles. The zero-order valence-corrected chi connectivity index (χ0v) is 21.1. The van der Waals surface area contributed by atoms with E-state index in [0.717, 1.165) is 71.2 Å². The average molecular weight is 536 g/mol. The molecule has 0 aromatic rings. The maximum Gasteiger partial charge on any atom is 0.236 e. The van der Waals surface area contributed by atoms with Gasteiger partial charge in [0.1, 0.15) is 0 Å². The molecule has 1 N–H and O–H groups in total. The highest BCUT2D eigenvalue weighted by Crippen LogP contribution is 2.19. The first-order chi connectivity index (χ1) is 14.3. The summed E-state index contributed by atoms with van der Waals surface area (Å²) in [6.07, 6.45) is 11.8. The number of nitrogens with one attached hydrogen (secondary N) is 1. The Hall–Kier alpha value is -0.610. The van der Waals surface area contributed by atoms with Gasteiger partial charge in [0.2, 0.25) is 5.91 Å². The summed E-state index contributed by atoms with van der Waals surface area (Å²) < 4.78 is 6.08. The van der Waals surface area contributed by atoms with Crippen LogP contribution in [0, 0.1) is 0 Å². The van der Waals surface area contributed by atoms with Crippen LogP contribution in [0.15, 0.2) is 4.99 Å². The van der Waals surface area contributed by atoms with Crippen LogP contribution in [0.2, 0.25) is 0 Å². The standard InChI is InChI=1S/C22H41N5O2.HI/c1-23-22(24-11-18-29-20-9-5-2-3-6-10-20)27-16-14-25(15-17-27)19-21(28)26-12-7-4-8-13-26;/h20H,2-19H2,1H3,(H,23,24);1H. The van der Waals surface area contributed by atoms with Crippen LogP contribution in [-0.4, -0.2) is 98.7 Å². The van der Waals surface area contributed by atoms with Crippen LogP contribution in [0.5, 0.6) is 0 Å². The second-order valence-corrected chi connectivity index (χ2v) is 8.66. The first-order valence-electron chi connectivity index (χ1n) is 11.8. The summed E-state index contributed by atoms with van der Waals surface area (Å²) in [5.74, 6) is 1.26. The van der Waals surface area contributed by atoms with Gasteiger partial charge in [0.25, 0.3) is 0 Å². The predicted octanol–water partition coefficient (Wildman–Crippen LogP) is 2.55. The number of carbonyl (C=O) groups excluding carboxylic acids is 1. The van der Waals surface area contributed by atoms with E-state index in [1.807, 2.05) is 11.9 Å². The Morgan fingerprint density at radius 1 is 0.900 bits per heavy atom. The number of amides is 1. The molecule has 30 heavy (non-hydrogen) atoms. The fraction of sp³-hybridized carbons (Fsp3) is 0.909. The van der Waals surface area contributed by atoms with Gasteiger partial charge < -0.3 is 19.9 Å². The molecule has 7 nitrogen and oxygen atoms in total. The van der Waals surface area contributed by atoms with E-state index in [4.69, 9.17) is 4.74 Å². The van der Waals surface area contributed by atoms with Gasteiger partial charge >= 0.3 is 0 Å². The first kappa shape index (κ1) is 25.6. The highest BCUT2D eigenvalue weighted by Gasteiger charge is 2.24. The maximum absolute atomic E-state index is 12.5. The summed E-state index contributed by atoms with van der Waals surface area (Å²) in [6, 6.07) is 0. The van der Waals surface area contributed by atoms with Gasteiger partial charge in [0, 0.05) is 52.9 Å². The van der Waals surface area contributed by atoms with E-state index in [9.17, 15) is 4.79 Å². The summed E-state index contributed by atoms with van der Waals surface area (Å²) in [5, 5.41) is 3.46. The second-order valence-electron chi connectivity index (χ2n) is 8.66. The molecule has 1 aliphatic carbocycles. The van der Waals surface area contributed by atoms with Crippen LogP contribution in [0.3, 0.4) is 0 Å². The van der Waals surface area contributed by atoms with Crippen LogP contribution in [0.1, 0.15) is 57.8 Å². The fourth-order valence-corrected chi connectivity index (χ4v) is 4.68. The lowest BCUT2D eigenvalue weighted by Gasteiger charge is -2.37. The third-order valence-corrected chi connectivity index (χ3v) is 6.49. The number of piperidine rings is 1. The van der Waals surface area contributed by atoms with Crippen LogP contribution in [0.4, 0.5) is 0 Å². The minimum atomic E-state index is 0. The SMILES string of the molecule is CN=C(NCCOC1CCCCCC1)N1CCN(CC(=O)N2CCCCC2)CC1.I. The zero-order chi connectivity index (χ0) is 20.3. The Bertz CT molecular complexity index is 512. The van der Waals surface area contributed by atoms with E-state index in [1.165, 1.54) is 44.9 Å². The lowest BCUT2D eigenvalue weighted by Crippen LogP contribution is -2.54. The smallest absolute Gasteiger partial charge is 0.236 e. The van der Waals surface area contributed by atoms with Gasteiger partial charge in [-0.1, -0.05) is 25.7 Å². The Balaban J connectivity index is 0.00000320. The number of rotatable bonds is 6. The fourth-order valence-electron chi connectivity index (χ4n) is 4.68. The van der Waals surface area contributed by atoms with Gasteiger partial charge in [0.15, 0.2) is 5.96 Å². The third-order valence-electron chi connectivity index (χ3n) is 6.49. The number of hydrogen-bond acceptors (Lipinski definition) is 4. The van der Waals surface area contributed by atoms with Crippen LogP contribution < -0.4 is 5.32 Å². The number of piperazine rings is 1. The maximum atomic E-state index is 12.5. The lowest BCUT2D eigenvalue weighted by atomic mass is 10.1. The van der Waals surface area contributed by atoms with Crippen LogP contribution >= 0.6 is 24.0 Å². The molecule has 0 atom stereocenters. The number of carbonyl (C=O) groups is 1. The van der Waals surface area contributed by atoms with Crippen molar-refractivity contribution in [2.45, 2.75) is 63.9 Å². The molecule has 0 unspecified atom stereocenters. The van der Waals surface area contributed by atoms with Crippen molar-refractivity contribution in [3.63, 3.8) is 0 Å². The Morgan fingerprint density at radius 2 is 1.53 bits per heavy atom. The van der Waals surface area contributed by atoms with Gasteiger partial charge in [-0.15, -0.1) is 24.0 Å². The number of aliphatic imine (C=N–C) groups is 1. The van der Waals surface area contributed by atoms with Crippen molar-refractivity contribution in [3.05, 3.63) is 0 Å². The minimum absolute atomic E-state index is 0. The number of nitrogens with zero attached hydrogens (tertiary/aromatic N) is 4. The largest absolute Gasteiger partial charge is 0.376 e. The van der Waals surface area contributed by atoms with Crippen molar-refractivity contribution in [2.24, 2.45) is 4.99 Å². The highest BCUT2D eigenvalue weighted by molar-refractivity contribution is 14.0. The monoisotopic (exact) mass is 535 g/mol. The van der Waals surface area contributed by atoms with Crippen molar-refractivity contribution >= 4 is 35.8 Å². The molecule has 2 aliphatic heterocycles. The molecule has 1 amide bonds. The first-order valence-corrected chi connectivity index (χ1v) is 11.8. The minimum Gasteiger partial charge on any atom is -0.376 e. The van der Waals surface area contributed by atoms with Gasteiger partial charge in [0.05, 0.1) is 19.3 Å². The molecular formula is C22H42IN5O2. The van der Waals surface area contributed by atoms with Crippen molar-refractivity contribution in [2.75, 3.05) is 66.0 Å². The Kier molecular flexibility index (Phi) is 12.4. The Morgan fingerprint density at radius 3 is 2.17 bits per heavy atom. The number of guanidine groups is 1. The van der Waals surface area contributed by atoms with Gasteiger partial charge in [-0.25, -0.2) is 0 Å². The molecule has 3 fully saturated rings. The molecule has 3 rings (SSSR count). The summed E-state index contributed by atoms with van der Waals surface area (Å²) in [4.78, 5) is 23.6. The van der Waals surface area contributed by atoms with E-state index in [2.05, 4.69) is 20.1 Å². The lowest BCUT2D eigenvalue weighted by molar-refractivity contribution is -0.133. The van der Waals surface area contributed by atoms with E-state index in [-0.39, 0.29) is 24.0 Å². The summed E-state index contributed by atoms with van der Waals surface area (Å²) >= 11 is 0. The highest BCUT2D eigenvalue weighted by atomic mass is 127. The molecule has 3 aliphatic rings. The van der Waals surface area contributed by atoms with Crippen LogP contribution in [-0.2, 0) is 9.53 Å². The van der Waals surface area contributed by atoms with E-state index < -0.39 is 0 Å². The number of ether oxygens (including phenoxy) is 1. The number of hydrogen-bond donors (Lipinski definition) is 1. The van der Waals surface area contributed by atoms with Gasteiger partial charge in [-0.3, -0.25) is 14.7 Å². The summed E-state index contributed by atoms with van der Waals surface area (Å²) in [5.41, 5.74) is 0. The topological polar surface area (TPSA) is 60.4 Å². The van der Waals surface area contributed by atoms with Crippen molar-refractivity contribution in [1.29, 1.82) is 0 Å². The third kappa shape index (κ3) is 8.49. The molecule has 174 valence electrons. The van der Waals surface area contributed by atoms with Crippen molar-refractivity contribution in [3.8, 4) is 0 Å². The normalized spacial score (nSPS) is 22.4. The quantitative estimate of drug-likeness (QED) is 0.186. The molecule has 8 heteroatoms. The van der Waals surface area contributed by atoms with E-state index in [1.54, 1.807) is 0 Å². The van der Waals surface area contributed by atoms with Gasteiger partial charge in [-0.05, 0) is 32.1 Å². The van der Waals surface area contributed by atoms with E-state index >= 15 is 0 Å². The molecular weight excluding hydrogens is 493 g/mol. The van der Waals surface area contributed by atoms with Gasteiger partial charge in [-0.2, -0.15) is 0 Å². The molecule has 1 saturated carbocycles. The molecule has 0 bridgehead atoms. The summed E-state index contributed by atoms with van der Waals surface area (Å²) in [7, 11) is 1.85. The van der Waals surface area contributed by atoms with Crippen LogP contribution in [0.25, 0.3) is 0 Å². The molecule has 0 spiro atoms. The second kappa shape index (κ2) is 14.5. The molecule has 0 radical (unpaired) electrons. The average Bonchev–Trinajstić information content (AvgIpc) is 3.04. The van der Waals surface area contributed by atoms with Crippen molar-refractivity contribution < 1.29 is 9.53 Å². The molecule has 0 aromatic carbocycles. The molecule has 0 aromatic heterocycles.